The molecule has 1 aliphatic carbocycles. The first-order valence-electron chi connectivity index (χ1n) is 15.6. The van der Waals surface area contributed by atoms with E-state index in [4.69, 9.17) is 14.5 Å². The number of aryl methyl sites for hydroxylation is 1. The Bertz CT molecular complexity index is 1590. The van der Waals surface area contributed by atoms with Gasteiger partial charge in [0.05, 0.1) is 25.5 Å². The van der Waals surface area contributed by atoms with E-state index in [0.717, 1.165) is 65.9 Å². The van der Waals surface area contributed by atoms with E-state index in [0.29, 0.717) is 38.2 Å². The molecule has 46 heavy (non-hydrogen) atoms. The highest BCUT2D eigenvalue weighted by Crippen LogP contribution is 2.43. The molecule has 1 unspecified atom stereocenters. The molecule has 0 radical (unpaired) electrons. The van der Waals surface area contributed by atoms with Crippen LogP contribution >= 0.6 is 0 Å². The van der Waals surface area contributed by atoms with Gasteiger partial charge in [0.1, 0.15) is 29.5 Å². The molecule has 242 valence electrons. The van der Waals surface area contributed by atoms with Crippen LogP contribution < -0.4 is 24.6 Å². The molecule has 0 bridgehead atoms. The number of hydrogen-bond acceptors (Lipinski definition) is 8. The van der Waals surface area contributed by atoms with Gasteiger partial charge in [0.15, 0.2) is 0 Å². The van der Waals surface area contributed by atoms with Crippen molar-refractivity contribution in [1.29, 1.82) is 0 Å². The quantitative estimate of drug-likeness (QED) is 0.237. The van der Waals surface area contributed by atoms with E-state index < -0.39 is 17.7 Å². The van der Waals surface area contributed by atoms with Crippen LogP contribution in [0.25, 0.3) is 0 Å². The number of rotatable bonds is 9. The summed E-state index contributed by atoms with van der Waals surface area (Å²) in [5.41, 5.74) is 3.43. The number of benzene rings is 2. The zero-order chi connectivity index (χ0) is 32.3. The molecule has 2 aromatic carbocycles. The van der Waals surface area contributed by atoms with E-state index in [1.807, 2.05) is 53.4 Å². The number of anilines is 2. The molecule has 2 aromatic heterocycles. The molecule has 1 fully saturated rings. The van der Waals surface area contributed by atoms with Gasteiger partial charge in [-0.15, -0.1) is 0 Å². The molecule has 1 atom stereocenters. The van der Waals surface area contributed by atoms with Gasteiger partial charge in [0.25, 0.3) is 0 Å². The maximum absolute atomic E-state index is 14.7. The Labute approximate surface area is 267 Å². The predicted molar refractivity (Wildman–Crippen MR) is 172 cm³/mol. The molecule has 0 saturated carbocycles. The lowest BCUT2D eigenvalue weighted by atomic mass is 9.82. The maximum Gasteiger partial charge on any atom is 0.418 e. The number of methoxy groups -OCH3 is 2. The minimum atomic E-state index is -4.54. The van der Waals surface area contributed by atoms with Gasteiger partial charge in [-0.1, -0.05) is 24.3 Å². The van der Waals surface area contributed by atoms with Crippen LogP contribution in [0.5, 0.6) is 11.5 Å². The fourth-order valence-corrected chi connectivity index (χ4v) is 6.53. The number of ether oxygens (including phenoxy) is 2. The Kier molecular flexibility index (Phi) is 9.30. The van der Waals surface area contributed by atoms with Crippen LogP contribution in [-0.2, 0) is 32.1 Å². The van der Waals surface area contributed by atoms with Crippen molar-refractivity contribution in [3.63, 3.8) is 0 Å². The lowest BCUT2D eigenvalue weighted by Crippen LogP contribution is -2.44. The number of fused-ring (bicyclic) bond motifs is 1. The Morgan fingerprint density at radius 2 is 1.52 bits per heavy atom. The van der Waals surface area contributed by atoms with Crippen LogP contribution in [-0.4, -0.2) is 55.4 Å². The molecular formula is C35H39F3N6O2. The van der Waals surface area contributed by atoms with E-state index in [9.17, 15) is 13.2 Å². The normalized spacial score (nSPS) is 16.6. The summed E-state index contributed by atoms with van der Waals surface area (Å²) in [6, 6.07) is 17.0. The molecule has 2 aliphatic rings. The molecule has 1 saturated heterocycles. The van der Waals surface area contributed by atoms with Crippen LogP contribution in [0.3, 0.4) is 0 Å². The minimum absolute atomic E-state index is 0.0879. The Morgan fingerprint density at radius 1 is 0.913 bits per heavy atom. The third-order valence-electron chi connectivity index (χ3n) is 8.90. The van der Waals surface area contributed by atoms with Crippen molar-refractivity contribution in [1.82, 2.24) is 20.3 Å². The van der Waals surface area contributed by atoms with Crippen LogP contribution in [0.1, 0.15) is 51.5 Å². The summed E-state index contributed by atoms with van der Waals surface area (Å²) >= 11 is 0. The monoisotopic (exact) mass is 632 g/mol. The van der Waals surface area contributed by atoms with Gasteiger partial charge < -0.3 is 24.6 Å². The third kappa shape index (κ3) is 6.89. The molecule has 3 heterocycles. The lowest BCUT2D eigenvalue weighted by molar-refractivity contribution is -0.139. The highest BCUT2D eigenvalue weighted by atomic mass is 19.4. The smallest absolute Gasteiger partial charge is 0.418 e. The largest absolute Gasteiger partial charge is 0.497 e. The van der Waals surface area contributed by atoms with Crippen molar-refractivity contribution in [2.75, 3.05) is 50.2 Å². The van der Waals surface area contributed by atoms with E-state index in [-0.39, 0.29) is 11.3 Å². The van der Waals surface area contributed by atoms with Gasteiger partial charge in [-0.2, -0.15) is 13.2 Å². The average Bonchev–Trinajstić information content (AvgIpc) is 3.07. The summed E-state index contributed by atoms with van der Waals surface area (Å²) in [6.07, 6.45) is -1.48. The average molecular weight is 633 g/mol. The van der Waals surface area contributed by atoms with Gasteiger partial charge in [0, 0.05) is 56.4 Å². The lowest BCUT2D eigenvalue weighted by Gasteiger charge is -2.33. The predicted octanol–water partition coefficient (Wildman–Crippen LogP) is 6.10. The Balaban J connectivity index is 1.38. The van der Waals surface area contributed by atoms with Crippen molar-refractivity contribution >= 4 is 11.6 Å². The molecule has 0 spiro atoms. The number of halogens is 3. The summed E-state index contributed by atoms with van der Waals surface area (Å²) < 4.78 is 54.8. The number of alkyl halides is 3. The van der Waals surface area contributed by atoms with Crippen LogP contribution in [0.2, 0.25) is 0 Å². The third-order valence-corrected chi connectivity index (χ3v) is 8.90. The Morgan fingerprint density at radius 3 is 2.09 bits per heavy atom. The van der Waals surface area contributed by atoms with Gasteiger partial charge in [-0.25, -0.2) is 15.0 Å². The number of nitrogens with one attached hydrogen (secondary N) is 1. The standard InChI is InChI=1S/C35H39F3N6O2/c1-23-18-31(44(20-24-4-9-27(45-2)10-5-24)21-25-6-11-28(46-3)12-7-25)42-33(32(23)35(36,37)38)26-8-13-29-30(19-26)40-22-41-34(29)43-16-14-39-15-17-43/h4-7,9-12,18,22,26,39H,8,13-17,19-21H2,1-3H3. The number of piperazine rings is 1. The second-order valence-corrected chi connectivity index (χ2v) is 11.9. The van der Waals surface area contributed by atoms with Crippen molar-refractivity contribution < 1.29 is 22.6 Å². The zero-order valence-electron chi connectivity index (χ0n) is 26.4. The van der Waals surface area contributed by atoms with Crippen molar-refractivity contribution in [2.24, 2.45) is 0 Å². The second kappa shape index (κ2) is 13.5. The second-order valence-electron chi connectivity index (χ2n) is 11.9. The van der Waals surface area contributed by atoms with Crippen LogP contribution in [0.4, 0.5) is 24.8 Å². The molecule has 6 rings (SSSR count). The van der Waals surface area contributed by atoms with E-state index in [1.54, 1.807) is 26.6 Å². The summed E-state index contributed by atoms with van der Waals surface area (Å²) in [6.45, 7) is 5.85. The number of hydrogen-bond donors (Lipinski definition) is 1. The van der Waals surface area contributed by atoms with Crippen molar-refractivity contribution in [2.45, 2.75) is 51.4 Å². The summed E-state index contributed by atoms with van der Waals surface area (Å²) in [5.74, 6) is 2.44. The molecular weight excluding hydrogens is 593 g/mol. The first-order chi connectivity index (χ1) is 22.2. The van der Waals surface area contributed by atoms with E-state index in [2.05, 4.69) is 20.2 Å². The summed E-state index contributed by atoms with van der Waals surface area (Å²) in [7, 11) is 3.23. The zero-order valence-corrected chi connectivity index (χ0v) is 26.4. The fraction of sp³-hybridized carbons (Fsp3) is 0.400. The topological polar surface area (TPSA) is 75.6 Å². The number of pyridine rings is 1. The van der Waals surface area contributed by atoms with Gasteiger partial charge in [-0.05, 0) is 73.2 Å². The van der Waals surface area contributed by atoms with Crippen molar-refractivity contribution in [3.05, 3.63) is 100 Å². The van der Waals surface area contributed by atoms with Gasteiger partial charge in [-0.3, -0.25) is 0 Å². The molecule has 0 amide bonds. The molecule has 4 aromatic rings. The number of aromatic nitrogens is 3. The summed E-state index contributed by atoms with van der Waals surface area (Å²) in [4.78, 5) is 18.3. The molecule has 8 nitrogen and oxygen atoms in total. The highest BCUT2D eigenvalue weighted by molar-refractivity contribution is 5.53. The summed E-state index contributed by atoms with van der Waals surface area (Å²) in [5, 5.41) is 3.36. The van der Waals surface area contributed by atoms with Crippen LogP contribution in [0, 0.1) is 6.92 Å². The van der Waals surface area contributed by atoms with Crippen LogP contribution in [0.15, 0.2) is 60.9 Å². The molecule has 11 heteroatoms. The molecule has 1 N–H and O–H groups in total. The first kappa shape index (κ1) is 31.6. The minimum Gasteiger partial charge on any atom is -0.497 e. The fourth-order valence-electron chi connectivity index (χ4n) is 6.53. The van der Waals surface area contributed by atoms with E-state index in [1.165, 1.54) is 6.92 Å². The molecule has 1 aliphatic heterocycles. The Hall–Kier alpha value is -4.38. The first-order valence-corrected chi connectivity index (χ1v) is 15.6. The van der Waals surface area contributed by atoms with Gasteiger partial charge >= 0.3 is 6.18 Å². The SMILES string of the molecule is COc1ccc(CN(Cc2ccc(OC)cc2)c2cc(C)c(C(F)(F)F)c(C3CCc4c(ncnc4N4CCNCC4)C3)n2)cc1. The maximum atomic E-state index is 14.7. The highest BCUT2D eigenvalue weighted by Gasteiger charge is 2.40. The van der Waals surface area contributed by atoms with E-state index >= 15 is 0 Å². The van der Waals surface area contributed by atoms with Gasteiger partial charge in [0.2, 0.25) is 0 Å². The number of nitrogens with zero attached hydrogens (tertiary/aromatic N) is 5. The van der Waals surface area contributed by atoms with Crippen molar-refractivity contribution in [3.8, 4) is 11.5 Å².